The average molecular weight is 358 g/mol. The molecular formula is C24H23NS. The van der Waals surface area contributed by atoms with Gasteiger partial charge in [-0.2, -0.15) is 0 Å². The summed E-state index contributed by atoms with van der Waals surface area (Å²) >= 11 is 1.95. The predicted molar refractivity (Wildman–Crippen MR) is 114 cm³/mol. The summed E-state index contributed by atoms with van der Waals surface area (Å²) in [5.41, 5.74) is 4.98. The Labute approximate surface area is 159 Å². The number of rotatable bonds is 3. The van der Waals surface area contributed by atoms with Gasteiger partial charge in [0.05, 0.1) is 11.2 Å². The van der Waals surface area contributed by atoms with Gasteiger partial charge in [-0.15, -0.1) is 11.8 Å². The molecule has 3 aromatic carbocycles. The standard InChI is InChI=1S/C24H23NS/c1-24(2,3)26-23-20-16-10-11-17-21(20)25(19-14-8-5-9-15-19)22(23)18-12-6-4-7-13-18/h4-17H,1-3H3. The molecule has 0 fully saturated rings. The second-order valence-corrected chi connectivity index (χ2v) is 9.28. The molecular weight excluding hydrogens is 334 g/mol. The van der Waals surface area contributed by atoms with E-state index < -0.39 is 0 Å². The lowest BCUT2D eigenvalue weighted by Crippen LogP contribution is -2.07. The molecule has 1 heterocycles. The number of aromatic nitrogens is 1. The van der Waals surface area contributed by atoms with Crippen LogP contribution in [0.3, 0.4) is 0 Å². The van der Waals surface area contributed by atoms with Gasteiger partial charge in [-0.25, -0.2) is 0 Å². The van der Waals surface area contributed by atoms with Crippen molar-refractivity contribution in [3.05, 3.63) is 84.9 Å². The van der Waals surface area contributed by atoms with Crippen LogP contribution in [-0.4, -0.2) is 9.31 Å². The summed E-state index contributed by atoms with van der Waals surface area (Å²) in [6.45, 7) is 6.84. The van der Waals surface area contributed by atoms with Crippen LogP contribution in [0.15, 0.2) is 89.8 Å². The SMILES string of the molecule is CC(C)(C)Sc1c(-c2ccccc2)n(-c2ccccc2)c2ccccc12. The Morgan fingerprint density at radius 3 is 1.92 bits per heavy atom. The van der Waals surface area contributed by atoms with Crippen molar-refractivity contribution in [2.75, 3.05) is 0 Å². The van der Waals surface area contributed by atoms with Gasteiger partial charge in [0.15, 0.2) is 0 Å². The van der Waals surface area contributed by atoms with Crippen LogP contribution in [-0.2, 0) is 0 Å². The van der Waals surface area contributed by atoms with E-state index in [2.05, 4.69) is 110 Å². The first-order valence-corrected chi connectivity index (χ1v) is 9.79. The molecule has 0 saturated carbocycles. The Morgan fingerprint density at radius 1 is 0.692 bits per heavy atom. The normalized spacial score (nSPS) is 11.8. The highest BCUT2D eigenvalue weighted by Crippen LogP contribution is 2.46. The first-order chi connectivity index (χ1) is 12.5. The van der Waals surface area contributed by atoms with Gasteiger partial charge >= 0.3 is 0 Å². The molecule has 0 N–H and O–H groups in total. The molecule has 1 aromatic heterocycles. The lowest BCUT2D eigenvalue weighted by molar-refractivity contribution is 0.803. The van der Waals surface area contributed by atoms with Crippen molar-refractivity contribution in [2.24, 2.45) is 0 Å². The van der Waals surface area contributed by atoms with E-state index >= 15 is 0 Å². The number of benzene rings is 3. The van der Waals surface area contributed by atoms with Crippen molar-refractivity contribution in [2.45, 2.75) is 30.4 Å². The molecule has 0 atom stereocenters. The fourth-order valence-corrected chi connectivity index (χ4v) is 4.52. The third-order valence-electron chi connectivity index (χ3n) is 4.30. The third-order valence-corrected chi connectivity index (χ3v) is 5.53. The zero-order valence-electron chi connectivity index (χ0n) is 15.4. The minimum Gasteiger partial charge on any atom is -0.308 e. The topological polar surface area (TPSA) is 4.93 Å². The van der Waals surface area contributed by atoms with Crippen LogP contribution in [0, 0.1) is 0 Å². The molecule has 4 aromatic rings. The molecule has 0 unspecified atom stereocenters. The molecule has 0 bridgehead atoms. The summed E-state index contributed by atoms with van der Waals surface area (Å²) in [7, 11) is 0. The Kier molecular flexibility index (Phi) is 4.37. The minimum atomic E-state index is 0.134. The molecule has 4 rings (SSSR count). The molecule has 0 saturated heterocycles. The van der Waals surface area contributed by atoms with Crippen molar-refractivity contribution >= 4 is 22.7 Å². The van der Waals surface area contributed by atoms with Crippen LogP contribution in [0.1, 0.15) is 20.8 Å². The lowest BCUT2D eigenvalue weighted by atomic mass is 10.1. The van der Waals surface area contributed by atoms with Gasteiger partial charge < -0.3 is 4.57 Å². The maximum atomic E-state index is 2.40. The van der Waals surface area contributed by atoms with E-state index in [1.54, 1.807) is 0 Å². The monoisotopic (exact) mass is 357 g/mol. The summed E-state index contributed by atoms with van der Waals surface area (Å²) < 4.78 is 2.54. The molecule has 26 heavy (non-hydrogen) atoms. The zero-order valence-corrected chi connectivity index (χ0v) is 16.3. The fraction of sp³-hybridized carbons (Fsp3) is 0.167. The molecule has 2 heteroatoms. The maximum absolute atomic E-state index is 2.40. The molecule has 0 amide bonds. The van der Waals surface area contributed by atoms with E-state index in [1.807, 2.05) is 11.8 Å². The van der Waals surface area contributed by atoms with Gasteiger partial charge in [0.2, 0.25) is 0 Å². The quantitative estimate of drug-likeness (QED) is 0.351. The summed E-state index contributed by atoms with van der Waals surface area (Å²) in [5, 5.41) is 1.31. The molecule has 0 radical (unpaired) electrons. The largest absolute Gasteiger partial charge is 0.308 e. The van der Waals surface area contributed by atoms with Crippen LogP contribution in [0.5, 0.6) is 0 Å². The van der Waals surface area contributed by atoms with Crippen LogP contribution >= 0.6 is 11.8 Å². The van der Waals surface area contributed by atoms with Crippen LogP contribution in [0.2, 0.25) is 0 Å². The van der Waals surface area contributed by atoms with E-state index in [-0.39, 0.29) is 4.75 Å². The Morgan fingerprint density at radius 2 is 1.27 bits per heavy atom. The van der Waals surface area contributed by atoms with Crippen molar-refractivity contribution < 1.29 is 0 Å². The number of nitrogens with zero attached hydrogens (tertiary/aromatic N) is 1. The second-order valence-electron chi connectivity index (χ2n) is 7.45. The maximum Gasteiger partial charge on any atom is 0.0677 e. The highest BCUT2D eigenvalue weighted by atomic mass is 32.2. The highest BCUT2D eigenvalue weighted by Gasteiger charge is 2.24. The van der Waals surface area contributed by atoms with Crippen LogP contribution in [0.4, 0.5) is 0 Å². The average Bonchev–Trinajstić information content (AvgIpc) is 2.96. The van der Waals surface area contributed by atoms with Gasteiger partial charge in [-0.05, 0) is 23.8 Å². The van der Waals surface area contributed by atoms with Crippen molar-refractivity contribution in [3.63, 3.8) is 0 Å². The van der Waals surface area contributed by atoms with E-state index in [4.69, 9.17) is 0 Å². The number of para-hydroxylation sites is 2. The number of fused-ring (bicyclic) bond motifs is 1. The van der Waals surface area contributed by atoms with Gasteiger partial charge in [-0.1, -0.05) is 87.5 Å². The summed E-state index contributed by atoms with van der Waals surface area (Å²) in [6, 6.07) is 30.1. The Balaban J connectivity index is 2.12. The molecule has 0 spiro atoms. The van der Waals surface area contributed by atoms with Crippen molar-refractivity contribution in [1.29, 1.82) is 0 Å². The van der Waals surface area contributed by atoms with Gasteiger partial charge in [0, 0.05) is 20.7 Å². The lowest BCUT2D eigenvalue weighted by Gasteiger charge is -2.19. The zero-order chi connectivity index (χ0) is 18.1. The number of hydrogen-bond donors (Lipinski definition) is 0. The smallest absolute Gasteiger partial charge is 0.0677 e. The van der Waals surface area contributed by atoms with Gasteiger partial charge in [0.1, 0.15) is 0 Å². The summed E-state index contributed by atoms with van der Waals surface area (Å²) in [4.78, 5) is 1.35. The van der Waals surface area contributed by atoms with E-state index in [1.165, 1.54) is 32.7 Å². The van der Waals surface area contributed by atoms with Crippen LogP contribution < -0.4 is 0 Å². The van der Waals surface area contributed by atoms with Gasteiger partial charge in [-0.3, -0.25) is 0 Å². The van der Waals surface area contributed by atoms with Crippen molar-refractivity contribution in [1.82, 2.24) is 4.57 Å². The van der Waals surface area contributed by atoms with Crippen molar-refractivity contribution in [3.8, 4) is 16.9 Å². The second kappa shape index (κ2) is 6.69. The van der Waals surface area contributed by atoms with E-state index in [0.717, 1.165) is 0 Å². The Hall–Kier alpha value is -2.45. The molecule has 0 aliphatic rings. The summed E-state index contributed by atoms with van der Waals surface area (Å²) in [5.74, 6) is 0. The van der Waals surface area contributed by atoms with Crippen LogP contribution in [0.25, 0.3) is 27.8 Å². The highest BCUT2D eigenvalue weighted by molar-refractivity contribution is 8.01. The fourth-order valence-electron chi connectivity index (χ4n) is 3.32. The first kappa shape index (κ1) is 17.0. The molecule has 1 nitrogen and oxygen atoms in total. The van der Waals surface area contributed by atoms with E-state index in [9.17, 15) is 0 Å². The number of thioether (sulfide) groups is 1. The first-order valence-electron chi connectivity index (χ1n) is 8.98. The van der Waals surface area contributed by atoms with Gasteiger partial charge in [0.25, 0.3) is 0 Å². The molecule has 0 aliphatic carbocycles. The summed E-state index contributed by atoms with van der Waals surface area (Å²) in [6.07, 6.45) is 0. The number of hydrogen-bond acceptors (Lipinski definition) is 1. The predicted octanol–water partition coefficient (Wildman–Crippen LogP) is 7.19. The minimum absolute atomic E-state index is 0.134. The van der Waals surface area contributed by atoms with E-state index in [0.29, 0.717) is 0 Å². The molecule has 130 valence electrons. The Bertz CT molecular complexity index is 1020. The molecule has 0 aliphatic heterocycles. The third kappa shape index (κ3) is 3.17.